The molecule has 23 heavy (non-hydrogen) atoms. The van der Waals surface area contributed by atoms with E-state index in [2.05, 4.69) is 22.2 Å². The molecule has 1 N–H and O–H groups in total. The Hall–Kier alpha value is -2.89. The third-order valence-electron chi connectivity index (χ3n) is 4.08. The minimum absolute atomic E-state index is 0.203. The summed E-state index contributed by atoms with van der Waals surface area (Å²) >= 11 is 0. The second-order valence-electron chi connectivity index (χ2n) is 5.75. The Kier molecular flexibility index (Phi) is 3.22. The van der Waals surface area contributed by atoms with Gasteiger partial charge < -0.3 is 5.11 Å². The van der Waals surface area contributed by atoms with Gasteiger partial charge in [-0.15, -0.1) is 0 Å². The van der Waals surface area contributed by atoms with Crippen molar-refractivity contribution in [2.24, 2.45) is 0 Å². The standard InChI is InChI=1S/C17H14BN3O2/c22-17(23)15-11-21(14-4-8-19-9-5-14)20-16(15)12-2-1-3-13(10-12)18-6-7-18/h1-5,8-11H,6-7H2,(H,22,23). The lowest BCUT2D eigenvalue weighted by Gasteiger charge is -2.03. The number of rotatable bonds is 4. The van der Waals surface area contributed by atoms with E-state index in [-0.39, 0.29) is 5.56 Å². The Morgan fingerprint density at radius 1 is 1.17 bits per heavy atom. The first kappa shape index (κ1) is 13.8. The lowest BCUT2D eigenvalue weighted by atomic mass is 9.63. The predicted molar refractivity (Wildman–Crippen MR) is 88.8 cm³/mol. The molecule has 0 unspecified atom stereocenters. The van der Waals surface area contributed by atoms with Crippen molar-refractivity contribution < 1.29 is 9.90 Å². The molecule has 3 aromatic rings. The SMILES string of the molecule is O=C(O)c1cn(-c2ccncc2)nc1-c1cccc(B2CC2)c1. The fourth-order valence-corrected chi connectivity index (χ4v) is 2.73. The highest BCUT2D eigenvalue weighted by Crippen LogP contribution is 2.26. The van der Waals surface area contributed by atoms with Gasteiger partial charge in [0.15, 0.2) is 6.71 Å². The molecule has 112 valence electrons. The number of carboxylic acids is 1. The van der Waals surface area contributed by atoms with E-state index in [0.29, 0.717) is 12.4 Å². The fraction of sp³-hybridized carbons (Fsp3) is 0.118. The molecular formula is C17H14BN3O2. The summed E-state index contributed by atoms with van der Waals surface area (Å²) in [6, 6.07) is 11.6. The van der Waals surface area contributed by atoms with Gasteiger partial charge in [-0.3, -0.25) is 4.98 Å². The van der Waals surface area contributed by atoms with Crippen molar-refractivity contribution in [1.29, 1.82) is 0 Å². The third-order valence-corrected chi connectivity index (χ3v) is 4.08. The maximum absolute atomic E-state index is 11.6. The van der Waals surface area contributed by atoms with Crippen LogP contribution < -0.4 is 5.46 Å². The molecule has 0 spiro atoms. The van der Waals surface area contributed by atoms with Gasteiger partial charge in [0.1, 0.15) is 11.3 Å². The van der Waals surface area contributed by atoms with Gasteiger partial charge in [0.25, 0.3) is 0 Å². The zero-order valence-electron chi connectivity index (χ0n) is 12.4. The van der Waals surface area contributed by atoms with Crippen LogP contribution in [0.2, 0.25) is 12.6 Å². The summed E-state index contributed by atoms with van der Waals surface area (Å²) in [7, 11) is 0. The van der Waals surface area contributed by atoms with Crippen LogP contribution in [-0.2, 0) is 0 Å². The lowest BCUT2D eigenvalue weighted by molar-refractivity contribution is 0.0697. The molecule has 0 aliphatic carbocycles. The molecule has 6 heteroatoms. The molecule has 5 nitrogen and oxygen atoms in total. The maximum atomic E-state index is 11.6. The van der Waals surface area contributed by atoms with Gasteiger partial charge in [-0.1, -0.05) is 42.4 Å². The van der Waals surface area contributed by atoms with Crippen molar-refractivity contribution in [3.63, 3.8) is 0 Å². The largest absolute Gasteiger partial charge is 0.478 e. The van der Waals surface area contributed by atoms with E-state index in [0.717, 1.165) is 11.3 Å². The second kappa shape index (κ2) is 5.39. The molecule has 1 aliphatic heterocycles. The molecule has 1 saturated heterocycles. The normalized spacial score (nSPS) is 13.1. The molecule has 0 radical (unpaired) electrons. The minimum atomic E-state index is -0.975. The zero-order valence-corrected chi connectivity index (χ0v) is 12.4. The summed E-state index contributed by atoms with van der Waals surface area (Å²) < 4.78 is 1.59. The first-order valence-corrected chi connectivity index (χ1v) is 7.56. The van der Waals surface area contributed by atoms with Crippen molar-refractivity contribution in [1.82, 2.24) is 14.8 Å². The summed E-state index contributed by atoms with van der Waals surface area (Å²) in [5.41, 5.74) is 3.59. The van der Waals surface area contributed by atoms with Crippen molar-refractivity contribution in [2.45, 2.75) is 12.6 Å². The summed E-state index contributed by atoms with van der Waals surface area (Å²) in [4.78, 5) is 15.6. The van der Waals surface area contributed by atoms with E-state index in [9.17, 15) is 9.90 Å². The number of hydrogen-bond acceptors (Lipinski definition) is 3. The van der Waals surface area contributed by atoms with Crippen molar-refractivity contribution in [3.8, 4) is 16.9 Å². The van der Waals surface area contributed by atoms with Crippen molar-refractivity contribution >= 4 is 18.1 Å². The number of nitrogens with zero attached hydrogens (tertiary/aromatic N) is 3. The number of pyridine rings is 1. The Balaban J connectivity index is 1.82. The first-order valence-electron chi connectivity index (χ1n) is 7.56. The number of hydrogen-bond donors (Lipinski definition) is 1. The topological polar surface area (TPSA) is 68.0 Å². The third kappa shape index (κ3) is 2.63. The molecule has 0 bridgehead atoms. The fourth-order valence-electron chi connectivity index (χ4n) is 2.73. The molecular weight excluding hydrogens is 289 g/mol. The van der Waals surface area contributed by atoms with Crippen molar-refractivity contribution in [2.75, 3.05) is 0 Å². The number of aromatic nitrogens is 3. The molecule has 3 heterocycles. The Morgan fingerprint density at radius 3 is 2.65 bits per heavy atom. The van der Waals surface area contributed by atoms with E-state index in [4.69, 9.17) is 0 Å². The smallest absolute Gasteiger partial charge is 0.339 e. The molecule has 4 rings (SSSR count). The molecule has 0 atom stereocenters. The van der Waals surface area contributed by atoms with Gasteiger partial charge in [-0.25, -0.2) is 9.48 Å². The van der Waals surface area contributed by atoms with Crippen LogP contribution in [0.5, 0.6) is 0 Å². The number of benzene rings is 1. The highest BCUT2D eigenvalue weighted by Gasteiger charge is 2.28. The molecule has 1 aliphatic rings. The average molecular weight is 303 g/mol. The number of carboxylic acid groups (broad SMARTS) is 1. The highest BCUT2D eigenvalue weighted by molar-refractivity contribution is 6.82. The molecule has 2 aromatic heterocycles. The van der Waals surface area contributed by atoms with Crippen LogP contribution in [0.1, 0.15) is 10.4 Å². The summed E-state index contributed by atoms with van der Waals surface area (Å²) in [5.74, 6) is -0.975. The quantitative estimate of drug-likeness (QED) is 0.751. The summed E-state index contributed by atoms with van der Waals surface area (Å²) in [6.07, 6.45) is 7.29. The van der Waals surface area contributed by atoms with E-state index in [1.54, 1.807) is 35.4 Å². The molecule has 1 fully saturated rings. The van der Waals surface area contributed by atoms with Crippen LogP contribution >= 0.6 is 0 Å². The number of carbonyl (C=O) groups is 1. The summed E-state index contributed by atoms with van der Waals surface area (Å²) in [6.45, 7) is 0.616. The Morgan fingerprint density at radius 2 is 1.96 bits per heavy atom. The first-order chi connectivity index (χ1) is 11.2. The maximum Gasteiger partial charge on any atom is 0.339 e. The van der Waals surface area contributed by atoms with Crippen LogP contribution in [0.4, 0.5) is 0 Å². The van der Waals surface area contributed by atoms with Crippen LogP contribution in [0.3, 0.4) is 0 Å². The second-order valence-corrected chi connectivity index (χ2v) is 5.75. The Labute approximate surface area is 133 Å². The van der Waals surface area contributed by atoms with Gasteiger partial charge in [0.2, 0.25) is 0 Å². The van der Waals surface area contributed by atoms with Gasteiger partial charge in [-0.05, 0) is 12.1 Å². The van der Waals surface area contributed by atoms with Crippen LogP contribution in [0, 0.1) is 0 Å². The lowest BCUT2D eigenvalue weighted by Crippen LogP contribution is -2.14. The van der Waals surface area contributed by atoms with Gasteiger partial charge >= 0.3 is 5.97 Å². The van der Waals surface area contributed by atoms with Gasteiger partial charge in [0.05, 0.1) is 5.69 Å². The monoisotopic (exact) mass is 303 g/mol. The van der Waals surface area contributed by atoms with Gasteiger partial charge in [0, 0.05) is 24.2 Å². The van der Waals surface area contributed by atoms with Crippen LogP contribution in [0.25, 0.3) is 16.9 Å². The highest BCUT2D eigenvalue weighted by atomic mass is 16.4. The van der Waals surface area contributed by atoms with Crippen LogP contribution in [-0.4, -0.2) is 32.6 Å². The van der Waals surface area contributed by atoms with E-state index in [1.807, 2.05) is 12.1 Å². The molecule has 1 aromatic carbocycles. The Bertz CT molecular complexity index is 873. The number of aromatic carboxylic acids is 1. The zero-order chi connectivity index (χ0) is 15.8. The van der Waals surface area contributed by atoms with E-state index in [1.165, 1.54) is 18.1 Å². The van der Waals surface area contributed by atoms with E-state index >= 15 is 0 Å². The van der Waals surface area contributed by atoms with Crippen LogP contribution in [0.15, 0.2) is 55.0 Å². The summed E-state index contributed by atoms with van der Waals surface area (Å²) in [5, 5.41) is 14.0. The predicted octanol–water partition coefficient (Wildman–Crippen LogP) is 2.35. The molecule has 0 amide bonds. The van der Waals surface area contributed by atoms with Crippen molar-refractivity contribution in [3.05, 3.63) is 60.6 Å². The van der Waals surface area contributed by atoms with Gasteiger partial charge in [-0.2, -0.15) is 5.10 Å². The average Bonchev–Trinajstić information content (AvgIpc) is 3.33. The minimum Gasteiger partial charge on any atom is -0.478 e. The molecule has 0 saturated carbocycles. The van der Waals surface area contributed by atoms with E-state index < -0.39 is 5.97 Å².